The van der Waals surface area contributed by atoms with Gasteiger partial charge in [-0.2, -0.15) is 0 Å². The number of hydrogen-bond donors (Lipinski definition) is 1. The van der Waals surface area contributed by atoms with E-state index in [1.54, 1.807) is 13.2 Å². The molecule has 4 rings (SSSR count). The molecule has 2 heterocycles. The third-order valence-corrected chi connectivity index (χ3v) is 5.46. The summed E-state index contributed by atoms with van der Waals surface area (Å²) in [4.78, 5) is 26.3. The molecule has 1 amide bonds. The second-order valence-corrected chi connectivity index (χ2v) is 7.27. The van der Waals surface area contributed by atoms with E-state index < -0.39 is 0 Å². The third-order valence-electron chi connectivity index (χ3n) is 5.46. The van der Waals surface area contributed by atoms with Gasteiger partial charge in [-0.15, -0.1) is 0 Å². The molecule has 0 atom stereocenters. The second kappa shape index (κ2) is 8.13. The highest BCUT2D eigenvalue weighted by Gasteiger charge is 2.26. The highest BCUT2D eigenvalue weighted by molar-refractivity contribution is 6.07. The molecule has 0 unspecified atom stereocenters. The van der Waals surface area contributed by atoms with Crippen molar-refractivity contribution in [3.05, 3.63) is 36.4 Å². The van der Waals surface area contributed by atoms with Crippen molar-refractivity contribution >= 4 is 39.5 Å². The van der Waals surface area contributed by atoms with Crippen LogP contribution in [0.15, 0.2) is 40.8 Å². The minimum atomic E-state index is -0.169. The number of furan rings is 1. The molecule has 1 aromatic heterocycles. The summed E-state index contributed by atoms with van der Waals surface area (Å²) in [7, 11) is 2.99. The van der Waals surface area contributed by atoms with Gasteiger partial charge in [0.2, 0.25) is 5.91 Å². The van der Waals surface area contributed by atoms with Crippen molar-refractivity contribution in [2.24, 2.45) is 5.92 Å². The van der Waals surface area contributed by atoms with E-state index in [1.807, 2.05) is 35.2 Å². The Morgan fingerprint density at radius 3 is 2.59 bits per heavy atom. The lowest BCUT2D eigenvalue weighted by molar-refractivity contribution is -0.147. The molecule has 7 nitrogen and oxygen atoms in total. The molecule has 7 heteroatoms. The van der Waals surface area contributed by atoms with Crippen LogP contribution < -0.4 is 10.1 Å². The Bertz CT molecular complexity index is 1050. The van der Waals surface area contributed by atoms with Crippen LogP contribution in [0.3, 0.4) is 0 Å². The van der Waals surface area contributed by atoms with Crippen molar-refractivity contribution in [3.63, 3.8) is 0 Å². The predicted octanol–water partition coefficient (Wildman–Crippen LogP) is 3.42. The number of fused-ring (bicyclic) bond motifs is 3. The van der Waals surface area contributed by atoms with Gasteiger partial charge in [0.25, 0.3) is 0 Å². The fourth-order valence-corrected chi connectivity index (χ4v) is 3.90. The van der Waals surface area contributed by atoms with Crippen molar-refractivity contribution < 1.29 is 23.5 Å². The fourth-order valence-electron chi connectivity index (χ4n) is 3.90. The molecule has 1 aliphatic rings. The number of nitrogens with zero attached hydrogens (tertiary/aromatic N) is 1. The summed E-state index contributed by atoms with van der Waals surface area (Å²) in [6, 6.07) is 11.5. The van der Waals surface area contributed by atoms with Crippen LogP contribution >= 0.6 is 0 Å². The molecule has 0 aliphatic carbocycles. The average molecular weight is 396 g/mol. The van der Waals surface area contributed by atoms with E-state index in [9.17, 15) is 9.59 Å². The molecule has 1 aliphatic heterocycles. The molecule has 2 aromatic carbocycles. The minimum absolute atomic E-state index is 0.0742. The number of amides is 1. The van der Waals surface area contributed by atoms with Gasteiger partial charge in [-0.3, -0.25) is 14.5 Å². The zero-order valence-electron chi connectivity index (χ0n) is 16.6. The average Bonchev–Trinajstić information content (AvgIpc) is 3.10. The molecular formula is C22H24N2O5. The molecule has 1 fully saturated rings. The van der Waals surface area contributed by atoms with E-state index in [2.05, 4.69) is 5.32 Å². The number of piperidine rings is 1. The zero-order valence-corrected chi connectivity index (χ0v) is 16.6. The number of anilines is 1. The summed E-state index contributed by atoms with van der Waals surface area (Å²) in [5, 5.41) is 4.88. The molecule has 0 bridgehead atoms. The number of methoxy groups -OCH3 is 2. The van der Waals surface area contributed by atoms with E-state index in [4.69, 9.17) is 13.9 Å². The summed E-state index contributed by atoms with van der Waals surface area (Å²) in [5.41, 5.74) is 2.07. The Kier molecular flexibility index (Phi) is 5.40. The Hall–Kier alpha value is -3.06. The summed E-state index contributed by atoms with van der Waals surface area (Å²) in [5.74, 6) is 0.213. The molecular weight excluding hydrogens is 372 g/mol. The Morgan fingerprint density at radius 1 is 1.10 bits per heavy atom. The van der Waals surface area contributed by atoms with E-state index in [0.717, 1.165) is 16.4 Å². The van der Waals surface area contributed by atoms with Crippen LogP contribution in [0.25, 0.3) is 21.9 Å². The first-order valence-corrected chi connectivity index (χ1v) is 9.68. The van der Waals surface area contributed by atoms with Crippen molar-refractivity contribution in [2.75, 3.05) is 39.2 Å². The van der Waals surface area contributed by atoms with Gasteiger partial charge < -0.3 is 19.2 Å². The van der Waals surface area contributed by atoms with Gasteiger partial charge in [-0.05, 0) is 38.1 Å². The molecule has 152 valence electrons. The standard InChI is InChI=1S/C22H24N2O5/c1-27-20-11-16-15-5-3-4-6-18(15)29-19(16)12-17(20)23-21(25)13-24-9-7-14(8-10-24)22(26)28-2/h3-6,11-12,14H,7-10,13H2,1-2H3,(H,23,25). The quantitative estimate of drug-likeness (QED) is 0.666. The maximum absolute atomic E-state index is 12.6. The van der Waals surface area contributed by atoms with E-state index >= 15 is 0 Å². The molecule has 0 saturated carbocycles. The number of nitrogens with one attached hydrogen (secondary N) is 1. The van der Waals surface area contributed by atoms with Gasteiger partial charge in [0.05, 0.1) is 32.4 Å². The van der Waals surface area contributed by atoms with Gasteiger partial charge in [-0.1, -0.05) is 18.2 Å². The predicted molar refractivity (Wildman–Crippen MR) is 110 cm³/mol. The number of ether oxygens (including phenoxy) is 2. The van der Waals surface area contributed by atoms with Gasteiger partial charge in [-0.25, -0.2) is 0 Å². The first kappa shape index (κ1) is 19.3. The number of esters is 1. The lowest BCUT2D eigenvalue weighted by Gasteiger charge is -2.30. The highest BCUT2D eigenvalue weighted by Crippen LogP contribution is 2.36. The van der Waals surface area contributed by atoms with Crippen molar-refractivity contribution in [1.29, 1.82) is 0 Å². The van der Waals surface area contributed by atoms with Crippen molar-refractivity contribution in [3.8, 4) is 5.75 Å². The van der Waals surface area contributed by atoms with Crippen molar-refractivity contribution in [1.82, 2.24) is 4.90 Å². The maximum atomic E-state index is 12.6. The van der Waals surface area contributed by atoms with E-state index in [-0.39, 0.29) is 24.3 Å². The molecule has 3 aromatic rings. The van der Waals surface area contributed by atoms with Crippen LogP contribution in [0.5, 0.6) is 5.75 Å². The second-order valence-electron chi connectivity index (χ2n) is 7.27. The Morgan fingerprint density at radius 2 is 1.86 bits per heavy atom. The van der Waals surface area contributed by atoms with Gasteiger partial charge in [0.1, 0.15) is 16.9 Å². The number of para-hydroxylation sites is 1. The van der Waals surface area contributed by atoms with Crippen LogP contribution in [0, 0.1) is 5.92 Å². The van der Waals surface area contributed by atoms with E-state index in [0.29, 0.717) is 43.0 Å². The first-order valence-electron chi connectivity index (χ1n) is 9.68. The minimum Gasteiger partial charge on any atom is -0.495 e. The largest absolute Gasteiger partial charge is 0.495 e. The Balaban J connectivity index is 1.46. The zero-order chi connectivity index (χ0) is 20.4. The molecule has 0 radical (unpaired) electrons. The third kappa shape index (κ3) is 3.91. The van der Waals surface area contributed by atoms with Gasteiger partial charge >= 0.3 is 5.97 Å². The molecule has 1 N–H and O–H groups in total. The molecule has 1 saturated heterocycles. The SMILES string of the molecule is COC(=O)C1CCN(CC(=O)Nc2cc3oc4ccccc4c3cc2OC)CC1. The number of rotatable bonds is 5. The van der Waals surface area contributed by atoms with Gasteiger partial charge in [0, 0.05) is 16.8 Å². The highest BCUT2D eigenvalue weighted by atomic mass is 16.5. The smallest absolute Gasteiger partial charge is 0.308 e. The van der Waals surface area contributed by atoms with Crippen LogP contribution in [-0.4, -0.2) is 50.6 Å². The van der Waals surface area contributed by atoms with Crippen LogP contribution in [-0.2, 0) is 14.3 Å². The first-order chi connectivity index (χ1) is 14.1. The van der Waals surface area contributed by atoms with Crippen LogP contribution in [0.1, 0.15) is 12.8 Å². The van der Waals surface area contributed by atoms with Crippen LogP contribution in [0.4, 0.5) is 5.69 Å². The molecule has 29 heavy (non-hydrogen) atoms. The van der Waals surface area contributed by atoms with Crippen molar-refractivity contribution in [2.45, 2.75) is 12.8 Å². The molecule has 0 spiro atoms. The van der Waals surface area contributed by atoms with Crippen LogP contribution in [0.2, 0.25) is 0 Å². The maximum Gasteiger partial charge on any atom is 0.308 e. The number of hydrogen-bond acceptors (Lipinski definition) is 6. The number of carbonyl (C=O) groups excluding carboxylic acids is 2. The number of benzene rings is 2. The normalized spacial score (nSPS) is 15.5. The van der Waals surface area contributed by atoms with E-state index in [1.165, 1.54) is 7.11 Å². The summed E-state index contributed by atoms with van der Waals surface area (Å²) < 4.78 is 16.2. The topological polar surface area (TPSA) is 81.0 Å². The number of likely N-dealkylation sites (tertiary alicyclic amines) is 1. The Labute approximate surface area is 168 Å². The monoisotopic (exact) mass is 396 g/mol. The lowest BCUT2D eigenvalue weighted by Crippen LogP contribution is -2.41. The number of carbonyl (C=O) groups is 2. The fraction of sp³-hybridized carbons (Fsp3) is 0.364. The lowest BCUT2D eigenvalue weighted by atomic mass is 9.97. The van der Waals surface area contributed by atoms with Gasteiger partial charge in [0.15, 0.2) is 0 Å². The summed E-state index contributed by atoms with van der Waals surface area (Å²) >= 11 is 0. The summed E-state index contributed by atoms with van der Waals surface area (Å²) in [6.45, 7) is 1.63. The summed E-state index contributed by atoms with van der Waals surface area (Å²) in [6.07, 6.45) is 1.41.